The molecule has 1 rings (SSSR count). The van der Waals surface area contributed by atoms with Gasteiger partial charge in [0.15, 0.2) is 0 Å². The molecule has 0 saturated heterocycles. The Kier molecular flexibility index (Phi) is 2.78. The number of hydrogen-bond donors (Lipinski definition) is 2. The van der Waals surface area contributed by atoms with Gasteiger partial charge in [0.25, 0.3) is 0 Å². The third-order valence-corrected chi connectivity index (χ3v) is 2.51. The molecule has 2 N–H and O–H groups in total. The Morgan fingerprint density at radius 1 is 1.27 bits per heavy atom. The molecule has 0 bridgehead atoms. The normalized spacial score (nSPS) is 9.73. The molecule has 60 valence electrons. The van der Waals surface area contributed by atoms with Gasteiger partial charge in [-0.2, -0.15) is 0 Å². The van der Waals surface area contributed by atoms with Gasteiger partial charge >= 0.3 is 0 Å². The first-order chi connectivity index (χ1) is 5.15. The van der Waals surface area contributed by atoms with Crippen LogP contribution in [0.5, 0.6) is 5.75 Å². The van der Waals surface area contributed by atoms with E-state index in [4.69, 9.17) is 0 Å². The number of phenols is 1. The fraction of sp³-hybridized carbons (Fsp3) is 0.143. The molecule has 0 aliphatic heterocycles. The largest absolute Gasteiger partial charge is 0.506 e. The maximum atomic E-state index is 9.30. The maximum Gasteiger partial charge on any atom is 0.144 e. The quantitative estimate of drug-likeness (QED) is 0.776. The molecule has 0 amide bonds. The monoisotopic (exact) mass is 279 g/mol. The Morgan fingerprint density at radius 3 is 2.09 bits per heavy atom. The van der Waals surface area contributed by atoms with Crippen LogP contribution in [-0.2, 0) is 0 Å². The number of anilines is 1. The highest BCUT2D eigenvalue weighted by atomic mass is 79.9. The van der Waals surface area contributed by atoms with Gasteiger partial charge in [-0.25, -0.2) is 0 Å². The van der Waals surface area contributed by atoms with Crippen molar-refractivity contribution in [3.63, 3.8) is 0 Å². The number of hydrogen-bond acceptors (Lipinski definition) is 2. The Morgan fingerprint density at radius 2 is 1.73 bits per heavy atom. The van der Waals surface area contributed by atoms with Crippen molar-refractivity contribution < 1.29 is 5.11 Å². The second-order valence-electron chi connectivity index (χ2n) is 2.04. The van der Waals surface area contributed by atoms with Crippen LogP contribution in [0.1, 0.15) is 0 Å². The summed E-state index contributed by atoms with van der Waals surface area (Å²) in [6.07, 6.45) is 0. The Balaban J connectivity index is 3.21. The summed E-state index contributed by atoms with van der Waals surface area (Å²) in [7, 11) is 1.82. The van der Waals surface area contributed by atoms with E-state index in [-0.39, 0.29) is 5.75 Å². The minimum absolute atomic E-state index is 0.226. The standard InChI is InChI=1S/C7H7Br2NO/c1-10-4-2-5(8)7(11)6(9)3-4/h2-3,10-11H,1H3. The molecule has 0 heterocycles. The van der Waals surface area contributed by atoms with Gasteiger partial charge < -0.3 is 10.4 Å². The van der Waals surface area contributed by atoms with E-state index in [9.17, 15) is 5.11 Å². The molecule has 0 spiro atoms. The van der Waals surface area contributed by atoms with Gasteiger partial charge in [-0.05, 0) is 44.0 Å². The Hall–Kier alpha value is -0.220. The molecule has 0 aliphatic carbocycles. The summed E-state index contributed by atoms with van der Waals surface area (Å²) in [6.45, 7) is 0. The minimum atomic E-state index is 0.226. The highest BCUT2D eigenvalue weighted by Gasteiger charge is 2.03. The first-order valence-corrected chi connectivity index (χ1v) is 4.59. The lowest BCUT2D eigenvalue weighted by Gasteiger charge is -2.04. The van der Waals surface area contributed by atoms with Crippen LogP contribution in [-0.4, -0.2) is 12.2 Å². The van der Waals surface area contributed by atoms with E-state index in [1.54, 1.807) is 12.1 Å². The minimum Gasteiger partial charge on any atom is -0.506 e. The smallest absolute Gasteiger partial charge is 0.144 e. The van der Waals surface area contributed by atoms with Crippen molar-refractivity contribution in [2.45, 2.75) is 0 Å². The zero-order valence-corrected chi connectivity index (χ0v) is 9.03. The molecule has 11 heavy (non-hydrogen) atoms. The Bertz CT molecular complexity index is 252. The third kappa shape index (κ3) is 1.87. The van der Waals surface area contributed by atoms with Crippen molar-refractivity contribution in [1.82, 2.24) is 0 Å². The van der Waals surface area contributed by atoms with Crippen molar-refractivity contribution in [3.8, 4) is 5.75 Å². The molecule has 0 unspecified atom stereocenters. The van der Waals surface area contributed by atoms with Gasteiger partial charge in [0, 0.05) is 12.7 Å². The number of halogens is 2. The van der Waals surface area contributed by atoms with Crippen molar-refractivity contribution in [3.05, 3.63) is 21.1 Å². The average molecular weight is 281 g/mol. The van der Waals surface area contributed by atoms with E-state index >= 15 is 0 Å². The second kappa shape index (κ2) is 3.45. The van der Waals surface area contributed by atoms with Crippen molar-refractivity contribution in [1.29, 1.82) is 0 Å². The van der Waals surface area contributed by atoms with Gasteiger partial charge in [-0.15, -0.1) is 0 Å². The predicted molar refractivity (Wildman–Crippen MR) is 53.1 cm³/mol. The average Bonchev–Trinajstić information content (AvgIpc) is 1.99. The zero-order chi connectivity index (χ0) is 8.43. The molecule has 0 fully saturated rings. The van der Waals surface area contributed by atoms with Crippen LogP contribution in [0, 0.1) is 0 Å². The lowest BCUT2D eigenvalue weighted by atomic mass is 10.3. The first kappa shape index (κ1) is 8.87. The molecule has 4 heteroatoms. The molecular formula is C7H7Br2NO. The first-order valence-electron chi connectivity index (χ1n) is 3.01. The van der Waals surface area contributed by atoms with Gasteiger partial charge in [-0.3, -0.25) is 0 Å². The fourth-order valence-electron chi connectivity index (χ4n) is 0.710. The van der Waals surface area contributed by atoms with E-state index in [1.807, 2.05) is 7.05 Å². The molecule has 0 aliphatic rings. The van der Waals surface area contributed by atoms with Crippen LogP contribution >= 0.6 is 31.9 Å². The molecule has 2 nitrogen and oxygen atoms in total. The molecule has 0 atom stereocenters. The highest BCUT2D eigenvalue weighted by molar-refractivity contribution is 9.11. The molecular weight excluding hydrogens is 274 g/mol. The summed E-state index contributed by atoms with van der Waals surface area (Å²) >= 11 is 6.44. The van der Waals surface area contributed by atoms with E-state index in [0.717, 1.165) is 5.69 Å². The number of phenolic OH excluding ortho intramolecular Hbond substituents is 1. The van der Waals surface area contributed by atoms with Gasteiger partial charge in [0.2, 0.25) is 0 Å². The molecule has 0 saturated carbocycles. The van der Waals surface area contributed by atoms with Crippen molar-refractivity contribution >= 4 is 37.5 Å². The predicted octanol–water partition coefficient (Wildman–Crippen LogP) is 2.96. The number of aromatic hydroxyl groups is 1. The van der Waals surface area contributed by atoms with E-state index < -0.39 is 0 Å². The highest BCUT2D eigenvalue weighted by Crippen LogP contribution is 2.34. The fourth-order valence-corrected chi connectivity index (χ4v) is 1.90. The van der Waals surface area contributed by atoms with E-state index in [0.29, 0.717) is 8.95 Å². The molecule has 0 radical (unpaired) electrons. The SMILES string of the molecule is CNc1cc(Br)c(O)c(Br)c1. The summed E-state index contributed by atoms with van der Waals surface area (Å²) in [5.74, 6) is 0.226. The van der Waals surface area contributed by atoms with Crippen LogP contribution in [0.3, 0.4) is 0 Å². The molecule has 1 aromatic carbocycles. The van der Waals surface area contributed by atoms with Crippen LogP contribution in [0.25, 0.3) is 0 Å². The lowest BCUT2D eigenvalue weighted by molar-refractivity contribution is 0.468. The second-order valence-corrected chi connectivity index (χ2v) is 3.75. The third-order valence-electron chi connectivity index (χ3n) is 1.31. The van der Waals surface area contributed by atoms with Crippen LogP contribution in [0.15, 0.2) is 21.1 Å². The maximum absolute atomic E-state index is 9.30. The summed E-state index contributed by atoms with van der Waals surface area (Å²) in [4.78, 5) is 0. The van der Waals surface area contributed by atoms with Gasteiger partial charge in [-0.1, -0.05) is 0 Å². The topological polar surface area (TPSA) is 32.3 Å². The zero-order valence-electron chi connectivity index (χ0n) is 5.86. The molecule has 0 aromatic heterocycles. The van der Waals surface area contributed by atoms with Gasteiger partial charge in [0.1, 0.15) is 5.75 Å². The van der Waals surface area contributed by atoms with Crippen LogP contribution < -0.4 is 5.32 Å². The molecule has 1 aromatic rings. The van der Waals surface area contributed by atoms with Crippen LogP contribution in [0.2, 0.25) is 0 Å². The number of nitrogens with one attached hydrogen (secondary N) is 1. The summed E-state index contributed by atoms with van der Waals surface area (Å²) in [5, 5.41) is 12.3. The lowest BCUT2D eigenvalue weighted by Crippen LogP contribution is -1.87. The van der Waals surface area contributed by atoms with E-state index in [1.165, 1.54) is 0 Å². The summed E-state index contributed by atoms with van der Waals surface area (Å²) < 4.78 is 1.35. The van der Waals surface area contributed by atoms with E-state index in [2.05, 4.69) is 37.2 Å². The van der Waals surface area contributed by atoms with Gasteiger partial charge in [0.05, 0.1) is 8.95 Å². The van der Waals surface area contributed by atoms with Crippen molar-refractivity contribution in [2.75, 3.05) is 12.4 Å². The number of rotatable bonds is 1. The Labute approximate surface area is 81.9 Å². The number of benzene rings is 1. The summed E-state index contributed by atoms with van der Waals surface area (Å²) in [5.41, 5.74) is 0.946. The van der Waals surface area contributed by atoms with Crippen LogP contribution in [0.4, 0.5) is 5.69 Å². The summed E-state index contributed by atoms with van der Waals surface area (Å²) in [6, 6.07) is 3.61. The van der Waals surface area contributed by atoms with Crippen molar-refractivity contribution in [2.24, 2.45) is 0 Å².